The summed E-state index contributed by atoms with van der Waals surface area (Å²) in [5.74, 6) is 0.791. The Kier molecular flexibility index (Phi) is 5.66. The molecule has 6 heteroatoms. The highest BCUT2D eigenvalue weighted by Gasteiger charge is 2.15. The predicted octanol–water partition coefficient (Wildman–Crippen LogP) is 2.78. The first-order valence-corrected chi connectivity index (χ1v) is 7.71. The number of ether oxygens (including phenoxy) is 1. The number of esters is 1. The second-order valence-corrected chi connectivity index (χ2v) is 5.60. The molecule has 0 atom stereocenters. The Labute approximate surface area is 133 Å². The van der Waals surface area contributed by atoms with E-state index in [-0.39, 0.29) is 12.5 Å². The second kappa shape index (κ2) is 7.70. The van der Waals surface area contributed by atoms with Gasteiger partial charge in [-0.1, -0.05) is 18.2 Å². The van der Waals surface area contributed by atoms with Crippen molar-refractivity contribution >= 4 is 23.6 Å². The van der Waals surface area contributed by atoms with Crippen LogP contribution in [-0.4, -0.2) is 24.7 Å². The number of carbonyl (C=O) groups excluding carboxylic acids is 2. The summed E-state index contributed by atoms with van der Waals surface area (Å²) in [5.41, 5.74) is 0.380. The highest BCUT2D eigenvalue weighted by Crippen LogP contribution is 2.17. The van der Waals surface area contributed by atoms with E-state index >= 15 is 0 Å². The Bertz CT molecular complexity index is 651. The summed E-state index contributed by atoms with van der Waals surface area (Å²) >= 11 is 1.46. The Hall–Kier alpha value is -2.21. The molecule has 2 rings (SSSR count). The Morgan fingerprint density at radius 3 is 2.68 bits per heavy atom. The van der Waals surface area contributed by atoms with Crippen molar-refractivity contribution in [1.29, 1.82) is 0 Å². The van der Waals surface area contributed by atoms with Gasteiger partial charge in [0, 0.05) is 4.90 Å². The van der Waals surface area contributed by atoms with Gasteiger partial charge in [-0.25, -0.2) is 4.79 Å². The van der Waals surface area contributed by atoms with E-state index < -0.39 is 5.97 Å². The van der Waals surface area contributed by atoms with Crippen molar-refractivity contribution in [3.05, 3.63) is 53.5 Å². The van der Waals surface area contributed by atoms with E-state index in [2.05, 4.69) is 10.1 Å². The summed E-state index contributed by atoms with van der Waals surface area (Å²) in [4.78, 5) is 24.3. The van der Waals surface area contributed by atoms with Gasteiger partial charge < -0.3 is 14.5 Å². The summed E-state index contributed by atoms with van der Waals surface area (Å²) in [7, 11) is 1.32. The average Bonchev–Trinajstić information content (AvgIpc) is 2.92. The fourth-order valence-corrected chi connectivity index (χ4v) is 2.60. The highest BCUT2D eigenvalue weighted by molar-refractivity contribution is 8.00. The molecule has 0 radical (unpaired) electrons. The minimum atomic E-state index is -0.446. The van der Waals surface area contributed by atoms with Gasteiger partial charge in [0.1, 0.15) is 17.1 Å². The lowest BCUT2D eigenvalue weighted by molar-refractivity contribution is -0.118. The molecular weight excluding hydrogens is 302 g/mol. The van der Waals surface area contributed by atoms with Gasteiger partial charge in [0.25, 0.3) is 0 Å². The van der Waals surface area contributed by atoms with Crippen LogP contribution in [0.15, 0.2) is 45.7 Å². The number of methoxy groups -OCH3 is 1. The molecule has 116 valence electrons. The monoisotopic (exact) mass is 319 g/mol. The lowest BCUT2D eigenvalue weighted by Gasteiger charge is -2.03. The summed E-state index contributed by atoms with van der Waals surface area (Å²) < 4.78 is 10.1. The van der Waals surface area contributed by atoms with Crippen LogP contribution in [0, 0.1) is 6.92 Å². The molecule has 0 aliphatic heterocycles. The topological polar surface area (TPSA) is 68.5 Å². The number of nitrogens with one attached hydrogen (secondary N) is 1. The number of hydrogen-bond acceptors (Lipinski definition) is 5. The molecule has 0 aliphatic carbocycles. The van der Waals surface area contributed by atoms with Crippen molar-refractivity contribution in [2.45, 2.75) is 18.4 Å². The van der Waals surface area contributed by atoms with Crippen LogP contribution in [0.4, 0.5) is 0 Å². The molecule has 1 amide bonds. The van der Waals surface area contributed by atoms with E-state index in [0.29, 0.717) is 22.8 Å². The molecule has 1 heterocycles. The maximum atomic E-state index is 11.8. The number of amides is 1. The van der Waals surface area contributed by atoms with Crippen molar-refractivity contribution in [2.75, 3.05) is 12.9 Å². The molecule has 0 aliphatic rings. The molecule has 0 fully saturated rings. The van der Waals surface area contributed by atoms with Crippen LogP contribution in [-0.2, 0) is 16.1 Å². The van der Waals surface area contributed by atoms with Crippen LogP contribution in [0.5, 0.6) is 0 Å². The van der Waals surface area contributed by atoms with Gasteiger partial charge >= 0.3 is 5.97 Å². The van der Waals surface area contributed by atoms with Gasteiger partial charge in [-0.05, 0) is 25.1 Å². The number of hydrogen-bond donors (Lipinski definition) is 1. The fraction of sp³-hybridized carbons (Fsp3) is 0.250. The molecule has 1 N–H and O–H groups in total. The molecule has 22 heavy (non-hydrogen) atoms. The maximum absolute atomic E-state index is 11.8. The van der Waals surface area contributed by atoms with Crippen molar-refractivity contribution in [2.24, 2.45) is 0 Å². The highest BCUT2D eigenvalue weighted by atomic mass is 32.2. The van der Waals surface area contributed by atoms with Gasteiger partial charge in [-0.2, -0.15) is 0 Å². The minimum absolute atomic E-state index is 0.0949. The molecule has 0 saturated heterocycles. The number of carbonyl (C=O) groups is 2. The van der Waals surface area contributed by atoms with Crippen molar-refractivity contribution in [1.82, 2.24) is 5.32 Å². The quantitative estimate of drug-likeness (QED) is 0.655. The first-order valence-electron chi connectivity index (χ1n) is 6.72. The zero-order chi connectivity index (χ0) is 15.9. The van der Waals surface area contributed by atoms with Crippen molar-refractivity contribution in [3.63, 3.8) is 0 Å². The molecule has 1 aromatic heterocycles. The third kappa shape index (κ3) is 4.39. The van der Waals surface area contributed by atoms with Crippen LogP contribution < -0.4 is 5.32 Å². The number of furan rings is 1. The molecule has 5 nitrogen and oxygen atoms in total. The zero-order valence-electron chi connectivity index (χ0n) is 12.4. The molecule has 0 saturated carbocycles. The molecule has 0 unspecified atom stereocenters. The third-order valence-electron chi connectivity index (χ3n) is 2.95. The van der Waals surface area contributed by atoms with E-state index in [1.807, 2.05) is 30.3 Å². The van der Waals surface area contributed by atoms with Crippen molar-refractivity contribution < 1.29 is 18.7 Å². The van der Waals surface area contributed by atoms with E-state index in [0.717, 1.165) is 4.90 Å². The first kappa shape index (κ1) is 16.2. The molecule has 0 spiro atoms. The van der Waals surface area contributed by atoms with E-state index in [1.165, 1.54) is 18.9 Å². The SMILES string of the molecule is COC(=O)c1cc(CNC(=O)CSc2ccccc2)oc1C. The van der Waals surface area contributed by atoms with Crippen LogP contribution in [0.25, 0.3) is 0 Å². The fourth-order valence-electron chi connectivity index (χ4n) is 1.85. The lowest BCUT2D eigenvalue weighted by atomic mass is 10.2. The summed E-state index contributed by atoms with van der Waals surface area (Å²) in [6.45, 7) is 1.93. The normalized spacial score (nSPS) is 10.3. The standard InChI is InChI=1S/C16H17NO4S/c1-11-14(16(19)20-2)8-12(21-11)9-17-15(18)10-22-13-6-4-3-5-7-13/h3-8H,9-10H2,1-2H3,(H,17,18). The smallest absolute Gasteiger partial charge is 0.341 e. The summed E-state index contributed by atoms with van der Waals surface area (Å²) in [5, 5.41) is 2.76. The van der Waals surface area contributed by atoms with Crippen LogP contribution in [0.2, 0.25) is 0 Å². The Morgan fingerprint density at radius 1 is 1.27 bits per heavy atom. The Balaban J connectivity index is 1.82. The number of thioether (sulfide) groups is 1. The minimum Gasteiger partial charge on any atom is -0.465 e. The zero-order valence-corrected chi connectivity index (χ0v) is 13.2. The largest absolute Gasteiger partial charge is 0.465 e. The first-order chi connectivity index (χ1) is 10.6. The average molecular weight is 319 g/mol. The van der Waals surface area contributed by atoms with Crippen LogP contribution in [0.3, 0.4) is 0 Å². The molecular formula is C16H17NO4S. The molecule has 0 bridgehead atoms. The van der Waals surface area contributed by atoms with E-state index in [1.54, 1.807) is 13.0 Å². The van der Waals surface area contributed by atoms with Crippen LogP contribution in [0.1, 0.15) is 21.9 Å². The number of rotatable bonds is 6. The maximum Gasteiger partial charge on any atom is 0.341 e. The Morgan fingerprint density at radius 2 is 2.00 bits per heavy atom. The van der Waals surface area contributed by atoms with Crippen LogP contribution >= 0.6 is 11.8 Å². The second-order valence-electron chi connectivity index (χ2n) is 4.55. The van der Waals surface area contributed by atoms with Gasteiger partial charge in [-0.15, -0.1) is 11.8 Å². The predicted molar refractivity (Wildman–Crippen MR) is 83.8 cm³/mol. The van der Waals surface area contributed by atoms with Gasteiger partial charge in [0.2, 0.25) is 5.91 Å². The lowest BCUT2D eigenvalue weighted by Crippen LogP contribution is -2.24. The van der Waals surface area contributed by atoms with E-state index in [9.17, 15) is 9.59 Å². The van der Waals surface area contributed by atoms with Gasteiger partial charge in [0.15, 0.2) is 0 Å². The third-order valence-corrected chi connectivity index (χ3v) is 3.96. The molecule has 1 aromatic carbocycles. The van der Waals surface area contributed by atoms with Crippen molar-refractivity contribution in [3.8, 4) is 0 Å². The summed E-state index contributed by atoms with van der Waals surface area (Å²) in [6, 6.07) is 11.3. The van der Waals surface area contributed by atoms with Gasteiger partial charge in [-0.3, -0.25) is 4.79 Å². The number of benzene rings is 1. The number of aryl methyl sites for hydroxylation is 1. The van der Waals surface area contributed by atoms with Gasteiger partial charge in [0.05, 0.1) is 19.4 Å². The van der Waals surface area contributed by atoms with E-state index in [4.69, 9.17) is 4.42 Å². The molecule has 2 aromatic rings. The summed E-state index contributed by atoms with van der Waals surface area (Å²) in [6.07, 6.45) is 0.